The Hall–Kier alpha value is -1.17. The minimum Gasteiger partial charge on any atom is -0.392 e. The van der Waals surface area contributed by atoms with E-state index in [2.05, 4.69) is 10.2 Å². The fraction of sp³-hybridized carbons (Fsp3) is 0.611. The van der Waals surface area contributed by atoms with E-state index in [0.717, 1.165) is 29.6 Å². The molecular formula is C18H26N2O2S. The second-order valence-electron chi connectivity index (χ2n) is 6.68. The minimum absolute atomic E-state index is 0.0248. The molecule has 1 unspecified atom stereocenters. The van der Waals surface area contributed by atoms with Crippen molar-refractivity contribution in [3.05, 3.63) is 28.0 Å². The number of aliphatic hydroxyl groups is 1. The van der Waals surface area contributed by atoms with Crippen molar-refractivity contribution in [2.45, 2.75) is 44.8 Å². The number of carbonyl (C=O) groups is 1. The summed E-state index contributed by atoms with van der Waals surface area (Å²) in [5.74, 6) is 0.568. The predicted molar refractivity (Wildman–Crippen MR) is 94.2 cm³/mol. The van der Waals surface area contributed by atoms with Gasteiger partial charge in [0.1, 0.15) is 0 Å². The van der Waals surface area contributed by atoms with Crippen LogP contribution in [-0.4, -0.2) is 41.6 Å². The third kappa shape index (κ3) is 4.66. The number of aliphatic hydroxyl groups excluding tert-OH is 1. The molecule has 3 rings (SSSR count). The van der Waals surface area contributed by atoms with Crippen LogP contribution in [0, 0.1) is 5.92 Å². The van der Waals surface area contributed by atoms with Crippen LogP contribution in [-0.2, 0) is 11.4 Å². The van der Waals surface area contributed by atoms with Gasteiger partial charge in [0, 0.05) is 30.1 Å². The lowest BCUT2D eigenvalue weighted by Gasteiger charge is -2.23. The summed E-state index contributed by atoms with van der Waals surface area (Å²) in [6.45, 7) is 3.16. The highest BCUT2D eigenvalue weighted by Gasteiger charge is 2.29. The summed E-state index contributed by atoms with van der Waals surface area (Å²) in [6, 6.07) is 2.71. The first-order valence-electron chi connectivity index (χ1n) is 8.63. The highest BCUT2D eigenvalue weighted by atomic mass is 32.1. The molecule has 1 aromatic rings. The molecule has 1 saturated heterocycles. The zero-order valence-electron chi connectivity index (χ0n) is 13.5. The maximum atomic E-state index is 11.9. The van der Waals surface area contributed by atoms with Gasteiger partial charge in [-0.05, 0) is 54.8 Å². The molecule has 0 bridgehead atoms. The van der Waals surface area contributed by atoms with Gasteiger partial charge in [0.05, 0.1) is 6.61 Å². The smallest absolute Gasteiger partial charge is 0.244 e. The van der Waals surface area contributed by atoms with Crippen molar-refractivity contribution in [3.8, 4) is 0 Å². The number of hydrogen-bond donors (Lipinski definition) is 2. The number of nitrogens with one attached hydrogen (secondary N) is 1. The quantitative estimate of drug-likeness (QED) is 0.787. The van der Waals surface area contributed by atoms with Gasteiger partial charge in [-0.15, -0.1) is 11.3 Å². The summed E-state index contributed by atoms with van der Waals surface area (Å²) in [5.41, 5.74) is 0.896. The van der Waals surface area contributed by atoms with E-state index in [9.17, 15) is 4.79 Å². The van der Waals surface area contributed by atoms with Gasteiger partial charge < -0.3 is 15.3 Å². The van der Waals surface area contributed by atoms with Gasteiger partial charge >= 0.3 is 0 Å². The summed E-state index contributed by atoms with van der Waals surface area (Å²) in [6.07, 6.45) is 10.1. The summed E-state index contributed by atoms with van der Waals surface area (Å²) < 4.78 is 0. The van der Waals surface area contributed by atoms with Crippen LogP contribution in [0.15, 0.2) is 17.5 Å². The lowest BCUT2D eigenvalue weighted by Crippen LogP contribution is -2.33. The number of carbonyl (C=O) groups excluding carboxylic acids is 1. The number of likely N-dealkylation sites (tertiary alicyclic amines) is 1. The third-order valence-electron chi connectivity index (χ3n) is 4.98. The maximum absolute atomic E-state index is 11.9. The van der Waals surface area contributed by atoms with Gasteiger partial charge in [-0.3, -0.25) is 4.79 Å². The van der Waals surface area contributed by atoms with Gasteiger partial charge in [0.15, 0.2) is 0 Å². The molecule has 1 aliphatic heterocycles. The normalized spacial score (nSPS) is 23.1. The molecule has 23 heavy (non-hydrogen) atoms. The van der Waals surface area contributed by atoms with Crippen molar-refractivity contribution in [3.63, 3.8) is 0 Å². The van der Waals surface area contributed by atoms with E-state index in [4.69, 9.17) is 5.11 Å². The fourth-order valence-electron chi connectivity index (χ4n) is 3.66. The van der Waals surface area contributed by atoms with Crippen molar-refractivity contribution in [1.29, 1.82) is 0 Å². The van der Waals surface area contributed by atoms with Crippen LogP contribution < -0.4 is 5.32 Å². The molecule has 0 radical (unpaired) electrons. The lowest BCUT2D eigenvalue weighted by molar-refractivity contribution is -0.116. The van der Waals surface area contributed by atoms with Gasteiger partial charge in [0.2, 0.25) is 5.91 Å². The second kappa shape index (κ2) is 8.08. The molecule has 126 valence electrons. The number of hydrogen-bond acceptors (Lipinski definition) is 4. The largest absolute Gasteiger partial charge is 0.392 e. The zero-order chi connectivity index (χ0) is 16.1. The third-order valence-corrected chi connectivity index (χ3v) is 5.93. The second-order valence-corrected chi connectivity index (χ2v) is 7.62. The first-order valence-corrected chi connectivity index (χ1v) is 9.51. The van der Waals surface area contributed by atoms with Crippen LogP contribution in [0.3, 0.4) is 0 Å². The van der Waals surface area contributed by atoms with Gasteiger partial charge in [-0.1, -0.05) is 12.8 Å². The number of thiophene rings is 1. The highest BCUT2D eigenvalue weighted by Crippen LogP contribution is 2.28. The van der Waals surface area contributed by atoms with Gasteiger partial charge in [-0.25, -0.2) is 0 Å². The zero-order valence-corrected chi connectivity index (χ0v) is 14.4. The van der Waals surface area contributed by atoms with Gasteiger partial charge in [0.25, 0.3) is 0 Å². The Kier molecular flexibility index (Phi) is 5.86. The predicted octanol–water partition coefficient (Wildman–Crippen LogP) is 2.63. The molecule has 0 aromatic carbocycles. The topological polar surface area (TPSA) is 52.6 Å². The van der Waals surface area contributed by atoms with E-state index in [0.29, 0.717) is 5.92 Å². The van der Waals surface area contributed by atoms with Crippen molar-refractivity contribution in [2.75, 3.05) is 19.6 Å². The summed E-state index contributed by atoms with van der Waals surface area (Å²) in [7, 11) is 0. The van der Waals surface area contributed by atoms with Crippen molar-refractivity contribution >= 4 is 23.3 Å². The van der Waals surface area contributed by atoms with Crippen molar-refractivity contribution in [1.82, 2.24) is 10.2 Å². The average molecular weight is 334 g/mol. The molecule has 1 amide bonds. The highest BCUT2D eigenvalue weighted by molar-refractivity contribution is 7.11. The van der Waals surface area contributed by atoms with Crippen molar-refractivity contribution in [2.24, 2.45) is 5.92 Å². The molecule has 1 aromatic heterocycles. The number of rotatable bonds is 6. The number of amides is 1. The van der Waals surface area contributed by atoms with Crippen LogP contribution in [0.4, 0.5) is 0 Å². The molecule has 0 spiro atoms. The van der Waals surface area contributed by atoms with E-state index in [1.807, 2.05) is 17.5 Å². The van der Waals surface area contributed by atoms with Crippen LogP contribution in [0.25, 0.3) is 6.08 Å². The molecule has 1 saturated carbocycles. The van der Waals surface area contributed by atoms with Crippen LogP contribution >= 0.6 is 11.3 Å². The Morgan fingerprint density at radius 2 is 2.22 bits per heavy atom. The van der Waals surface area contributed by atoms with Crippen LogP contribution in [0.5, 0.6) is 0 Å². The lowest BCUT2D eigenvalue weighted by atomic mass is 10.1. The molecule has 1 aliphatic carbocycles. The summed E-state index contributed by atoms with van der Waals surface area (Å²) >= 11 is 1.54. The Balaban J connectivity index is 1.39. The molecule has 2 aliphatic rings. The molecule has 2 N–H and O–H groups in total. The Morgan fingerprint density at radius 3 is 2.96 bits per heavy atom. The monoisotopic (exact) mass is 334 g/mol. The van der Waals surface area contributed by atoms with E-state index in [1.54, 1.807) is 17.4 Å². The van der Waals surface area contributed by atoms with Crippen LogP contribution in [0.1, 0.15) is 42.5 Å². The molecule has 4 nitrogen and oxygen atoms in total. The molecule has 2 heterocycles. The Labute approximate surface area is 142 Å². The maximum Gasteiger partial charge on any atom is 0.244 e. The average Bonchev–Trinajstić information content (AvgIpc) is 3.31. The molecular weight excluding hydrogens is 308 g/mol. The summed E-state index contributed by atoms with van der Waals surface area (Å²) in [5, 5.41) is 14.0. The number of nitrogens with zero attached hydrogens (tertiary/aromatic N) is 1. The van der Waals surface area contributed by atoms with Crippen LogP contribution in [0.2, 0.25) is 0 Å². The summed E-state index contributed by atoms with van der Waals surface area (Å²) in [4.78, 5) is 15.6. The first-order chi connectivity index (χ1) is 11.2. The standard InChI is InChI=1S/C18H26N2O2S/c21-12-15-9-17(23-13-15)5-6-18(22)19-10-14-7-8-20(11-14)16-3-1-2-4-16/h5-6,9,13-14,16,21H,1-4,7-8,10-12H2,(H,19,22). The fourth-order valence-corrected chi connectivity index (χ4v) is 4.45. The molecule has 5 heteroatoms. The molecule has 1 atom stereocenters. The van der Waals surface area contributed by atoms with E-state index < -0.39 is 0 Å². The van der Waals surface area contributed by atoms with E-state index >= 15 is 0 Å². The minimum atomic E-state index is -0.0248. The van der Waals surface area contributed by atoms with Gasteiger partial charge in [-0.2, -0.15) is 0 Å². The molecule has 2 fully saturated rings. The Morgan fingerprint density at radius 1 is 1.39 bits per heavy atom. The van der Waals surface area contributed by atoms with Crippen molar-refractivity contribution < 1.29 is 9.90 Å². The first kappa shape index (κ1) is 16.7. The van der Waals surface area contributed by atoms with E-state index in [-0.39, 0.29) is 12.5 Å². The Bertz CT molecular complexity index is 549. The SMILES string of the molecule is O=C(C=Cc1cc(CO)cs1)NCC1CCN(C2CCCC2)C1. The van der Waals surface area contributed by atoms with E-state index in [1.165, 1.54) is 38.6 Å².